The third kappa shape index (κ3) is 7.16. The molecule has 1 amide bonds. The van der Waals surface area contributed by atoms with E-state index in [4.69, 9.17) is 4.74 Å². The van der Waals surface area contributed by atoms with Gasteiger partial charge in [-0.2, -0.15) is 0 Å². The molecule has 0 aliphatic rings. The summed E-state index contributed by atoms with van der Waals surface area (Å²) in [4.78, 5) is 27.7. The number of esters is 1. The van der Waals surface area contributed by atoms with Gasteiger partial charge in [-0.25, -0.2) is 4.79 Å². The van der Waals surface area contributed by atoms with E-state index in [1.165, 1.54) is 0 Å². The van der Waals surface area contributed by atoms with Crippen molar-refractivity contribution < 1.29 is 14.3 Å². The summed E-state index contributed by atoms with van der Waals surface area (Å²) >= 11 is 0. The SMILES string of the molecule is C=CCC(C(=O)NC(C(=O)OCc1ccccc1)C(C)C)N(C)Cc1ccccc1. The summed E-state index contributed by atoms with van der Waals surface area (Å²) in [6, 6.07) is 18.3. The molecule has 0 bridgehead atoms. The molecule has 2 aromatic rings. The van der Waals surface area contributed by atoms with Crippen LogP contribution in [-0.4, -0.2) is 35.9 Å². The summed E-state index contributed by atoms with van der Waals surface area (Å²) in [5.41, 5.74) is 2.02. The van der Waals surface area contributed by atoms with Gasteiger partial charge in [0, 0.05) is 6.54 Å². The Morgan fingerprint density at radius 1 is 1.03 bits per heavy atom. The normalized spacial score (nSPS) is 13.0. The predicted molar refractivity (Wildman–Crippen MR) is 120 cm³/mol. The Labute approximate surface area is 179 Å². The molecule has 0 aromatic heterocycles. The van der Waals surface area contributed by atoms with Gasteiger partial charge in [-0.15, -0.1) is 6.58 Å². The molecule has 5 nitrogen and oxygen atoms in total. The van der Waals surface area contributed by atoms with Gasteiger partial charge in [0.25, 0.3) is 0 Å². The van der Waals surface area contributed by atoms with Crippen molar-refractivity contribution in [2.45, 2.75) is 45.5 Å². The van der Waals surface area contributed by atoms with Gasteiger partial charge in [-0.1, -0.05) is 80.6 Å². The number of nitrogens with zero attached hydrogens (tertiary/aromatic N) is 1. The van der Waals surface area contributed by atoms with Gasteiger partial charge < -0.3 is 10.1 Å². The molecule has 0 saturated heterocycles. The molecule has 2 unspecified atom stereocenters. The summed E-state index contributed by atoms with van der Waals surface area (Å²) in [6.45, 7) is 8.38. The van der Waals surface area contributed by atoms with Crippen molar-refractivity contribution in [2.24, 2.45) is 5.92 Å². The average molecular weight is 409 g/mol. The van der Waals surface area contributed by atoms with Crippen LogP contribution in [0.5, 0.6) is 0 Å². The van der Waals surface area contributed by atoms with Gasteiger partial charge in [0.1, 0.15) is 12.6 Å². The van der Waals surface area contributed by atoms with Crippen LogP contribution in [-0.2, 0) is 27.5 Å². The van der Waals surface area contributed by atoms with Crippen molar-refractivity contribution in [1.82, 2.24) is 10.2 Å². The number of likely N-dealkylation sites (N-methyl/N-ethyl adjacent to an activating group) is 1. The maximum absolute atomic E-state index is 13.1. The highest BCUT2D eigenvalue weighted by atomic mass is 16.5. The topological polar surface area (TPSA) is 58.6 Å². The monoisotopic (exact) mass is 408 g/mol. The van der Waals surface area contributed by atoms with Crippen molar-refractivity contribution in [3.05, 3.63) is 84.4 Å². The highest BCUT2D eigenvalue weighted by Crippen LogP contribution is 2.12. The molecule has 30 heavy (non-hydrogen) atoms. The fourth-order valence-corrected chi connectivity index (χ4v) is 3.19. The lowest BCUT2D eigenvalue weighted by Gasteiger charge is -2.29. The first-order chi connectivity index (χ1) is 14.4. The molecule has 0 radical (unpaired) electrons. The van der Waals surface area contributed by atoms with E-state index >= 15 is 0 Å². The van der Waals surface area contributed by atoms with Gasteiger partial charge in [0.2, 0.25) is 5.91 Å². The molecule has 160 valence electrons. The molecular weight excluding hydrogens is 376 g/mol. The molecule has 2 rings (SSSR count). The van der Waals surface area contributed by atoms with Gasteiger partial charge in [-0.3, -0.25) is 9.69 Å². The maximum Gasteiger partial charge on any atom is 0.329 e. The lowest BCUT2D eigenvalue weighted by Crippen LogP contribution is -2.52. The summed E-state index contributed by atoms with van der Waals surface area (Å²) in [5, 5.41) is 2.90. The second-order valence-corrected chi connectivity index (χ2v) is 7.76. The van der Waals surface area contributed by atoms with Crippen LogP contribution in [0.25, 0.3) is 0 Å². The van der Waals surface area contributed by atoms with E-state index in [9.17, 15) is 9.59 Å². The Morgan fingerprint density at radius 3 is 2.13 bits per heavy atom. The number of carbonyl (C=O) groups is 2. The lowest BCUT2D eigenvalue weighted by molar-refractivity contribution is -0.151. The molecule has 0 fully saturated rings. The quantitative estimate of drug-likeness (QED) is 0.452. The Hall–Kier alpha value is -2.92. The van der Waals surface area contributed by atoms with Crippen molar-refractivity contribution >= 4 is 11.9 Å². The van der Waals surface area contributed by atoms with Gasteiger partial charge in [-0.05, 0) is 30.5 Å². The van der Waals surface area contributed by atoms with Crippen LogP contribution in [0.4, 0.5) is 0 Å². The third-order valence-corrected chi connectivity index (χ3v) is 4.94. The van der Waals surface area contributed by atoms with E-state index in [0.29, 0.717) is 13.0 Å². The van der Waals surface area contributed by atoms with Crippen LogP contribution in [0.15, 0.2) is 73.3 Å². The van der Waals surface area contributed by atoms with Crippen molar-refractivity contribution in [2.75, 3.05) is 7.05 Å². The number of hydrogen-bond acceptors (Lipinski definition) is 4. The van der Waals surface area contributed by atoms with Gasteiger partial charge in [0.15, 0.2) is 0 Å². The molecule has 0 aliphatic carbocycles. The van der Waals surface area contributed by atoms with Crippen LogP contribution < -0.4 is 5.32 Å². The number of carbonyl (C=O) groups excluding carboxylic acids is 2. The minimum Gasteiger partial charge on any atom is -0.459 e. The Bertz CT molecular complexity index is 806. The van der Waals surface area contributed by atoms with Crippen LogP contribution in [0.2, 0.25) is 0 Å². The number of ether oxygens (including phenoxy) is 1. The first-order valence-electron chi connectivity index (χ1n) is 10.3. The average Bonchev–Trinajstić information content (AvgIpc) is 2.75. The van der Waals surface area contributed by atoms with E-state index in [1.807, 2.05) is 86.5 Å². The molecule has 5 heteroatoms. The Morgan fingerprint density at radius 2 is 1.60 bits per heavy atom. The zero-order chi connectivity index (χ0) is 21.9. The van der Waals surface area contributed by atoms with E-state index in [0.717, 1.165) is 11.1 Å². The van der Waals surface area contributed by atoms with Crippen molar-refractivity contribution in [1.29, 1.82) is 0 Å². The number of benzene rings is 2. The zero-order valence-electron chi connectivity index (χ0n) is 18.1. The second-order valence-electron chi connectivity index (χ2n) is 7.76. The van der Waals surface area contributed by atoms with Gasteiger partial charge in [0.05, 0.1) is 6.04 Å². The molecule has 0 heterocycles. The van der Waals surface area contributed by atoms with E-state index < -0.39 is 18.1 Å². The minimum atomic E-state index is -0.710. The minimum absolute atomic E-state index is 0.0963. The summed E-state index contributed by atoms with van der Waals surface area (Å²) < 4.78 is 5.46. The number of nitrogens with one attached hydrogen (secondary N) is 1. The molecule has 1 N–H and O–H groups in total. The fourth-order valence-electron chi connectivity index (χ4n) is 3.19. The zero-order valence-corrected chi connectivity index (χ0v) is 18.1. The predicted octanol–water partition coefficient (Wildman–Crippen LogP) is 3.95. The highest BCUT2D eigenvalue weighted by molar-refractivity contribution is 5.87. The highest BCUT2D eigenvalue weighted by Gasteiger charge is 2.30. The molecule has 0 saturated carbocycles. The van der Waals surface area contributed by atoms with E-state index in [2.05, 4.69) is 11.9 Å². The first kappa shape index (κ1) is 23.4. The van der Waals surface area contributed by atoms with Crippen LogP contribution >= 0.6 is 0 Å². The maximum atomic E-state index is 13.1. The summed E-state index contributed by atoms with van der Waals surface area (Å²) in [6.07, 6.45) is 2.21. The Kier molecular flexibility index (Phi) is 9.29. The van der Waals surface area contributed by atoms with E-state index in [-0.39, 0.29) is 18.4 Å². The number of hydrogen-bond donors (Lipinski definition) is 1. The lowest BCUT2D eigenvalue weighted by atomic mass is 10.0. The number of rotatable bonds is 11. The van der Waals surface area contributed by atoms with Crippen LogP contribution in [0.3, 0.4) is 0 Å². The largest absolute Gasteiger partial charge is 0.459 e. The molecule has 0 spiro atoms. The summed E-state index contributed by atoms with van der Waals surface area (Å²) in [5.74, 6) is -0.727. The van der Waals surface area contributed by atoms with Crippen LogP contribution in [0.1, 0.15) is 31.4 Å². The smallest absolute Gasteiger partial charge is 0.329 e. The molecule has 2 aromatic carbocycles. The number of amides is 1. The van der Waals surface area contributed by atoms with Crippen LogP contribution in [0, 0.1) is 5.92 Å². The summed E-state index contributed by atoms with van der Waals surface area (Å²) in [7, 11) is 1.90. The Balaban J connectivity index is 2.02. The van der Waals surface area contributed by atoms with Crippen molar-refractivity contribution in [3.63, 3.8) is 0 Å². The molecule has 0 aliphatic heterocycles. The second kappa shape index (κ2) is 11.9. The standard InChI is InChI=1S/C25H32N2O3/c1-5-12-22(27(4)17-20-13-8-6-9-14-20)24(28)26-23(19(2)3)25(29)30-18-21-15-10-7-11-16-21/h5-11,13-16,19,22-23H,1,12,17-18H2,2-4H3,(H,26,28). The fraction of sp³-hybridized carbons (Fsp3) is 0.360. The third-order valence-electron chi connectivity index (χ3n) is 4.94. The van der Waals surface area contributed by atoms with E-state index in [1.54, 1.807) is 6.08 Å². The molecular formula is C25H32N2O3. The molecule has 2 atom stereocenters. The van der Waals surface area contributed by atoms with Crippen molar-refractivity contribution in [3.8, 4) is 0 Å². The van der Waals surface area contributed by atoms with Gasteiger partial charge >= 0.3 is 5.97 Å². The first-order valence-corrected chi connectivity index (χ1v) is 10.3.